The summed E-state index contributed by atoms with van der Waals surface area (Å²) in [5.41, 5.74) is 9.24. The third-order valence-corrected chi connectivity index (χ3v) is 11.2. The Kier molecular flexibility index (Phi) is 23.0. The zero-order valence-corrected chi connectivity index (χ0v) is 44.4. The van der Waals surface area contributed by atoms with Gasteiger partial charge in [0.25, 0.3) is 0 Å². The van der Waals surface area contributed by atoms with Gasteiger partial charge in [0.2, 0.25) is 17.7 Å². The molecule has 3 N–H and O–H groups in total. The molecule has 1 aliphatic rings. The Bertz CT molecular complexity index is 2890. The molecule has 1 fully saturated rings. The minimum atomic E-state index is -0.000186. The zero-order chi connectivity index (χ0) is 53.2. The summed E-state index contributed by atoms with van der Waals surface area (Å²) in [5, 5.41) is 8.84. The molecule has 0 spiro atoms. The van der Waals surface area contributed by atoms with Gasteiger partial charge in [0.1, 0.15) is 17.2 Å². The van der Waals surface area contributed by atoms with Gasteiger partial charge < -0.3 is 30.2 Å². The molecule has 7 rings (SSSR count). The molecule has 6 aromatic rings. The molecule has 74 heavy (non-hydrogen) atoms. The highest BCUT2D eigenvalue weighted by atomic mass is 16.5. The van der Waals surface area contributed by atoms with Crippen molar-refractivity contribution < 1.29 is 28.6 Å². The van der Waals surface area contributed by atoms with Crippen molar-refractivity contribution in [2.45, 2.75) is 112 Å². The van der Waals surface area contributed by atoms with E-state index in [-0.39, 0.29) is 47.9 Å². The molecular weight excluding hydrogens is 919 g/mol. The molecule has 3 unspecified atom stereocenters. The van der Waals surface area contributed by atoms with E-state index in [2.05, 4.69) is 75.7 Å². The first-order valence-corrected chi connectivity index (χ1v) is 25.6. The van der Waals surface area contributed by atoms with Gasteiger partial charge >= 0.3 is 0 Å². The van der Waals surface area contributed by atoms with Crippen LogP contribution in [-0.2, 0) is 27.2 Å². The van der Waals surface area contributed by atoms with Crippen LogP contribution in [0.2, 0.25) is 0 Å². The van der Waals surface area contributed by atoms with E-state index in [4.69, 9.17) is 14.2 Å². The fourth-order valence-corrected chi connectivity index (χ4v) is 7.49. The molecule has 0 aromatic heterocycles. The van der Waals surface area contributed by atoms with Crippen LogP contribution in [0.3, 0.4) is 0 Å². The lowest BCUT2D eigenvalue weighted by Gasteiger charge is -2.14. The third-order valence-electron chi connectivity index (χ3n) is 11.2. The summed E-state index contributed by atoms with van der Waals surface area (Å²) in [6.07, 6.45) is 3.84. The normalized spacial score (nSPS) is 12.2. The van der Waals surface area contributed by atoms with Crippen LogP contribution in [0.4, 0.5) is 0 Å². The Morgan fingerprint density at radius 1 is 0.459 bits per heavy atom. The maximum absolute atomic E-state index is 11.8. The van der Waals surface area contributed by atoms with E-state index in [1.165, 1.54) is 25.0 Å². The van der Waals surface area contributed by atoms with Crippen LogP contribution in [0.1, 0.15) is 131 Å². The highest BCUT2D eigenvalue weighted by molar-refractivity contribution is 5.81. The number of nitrogens with one attached hydrogen (secondary N) is 3. The zero-order valence-electron chi connectivity index (χ0n) is 44.4. The molecule has 0 heterocycles. The van der Waals surface area contributed by atoms with Crippen molar-refractivity contribution in [2.75, 3.05) is 13.2 Å². The van der Waals surface area contributed by atoms with Crippen molar-refractivity contribution in [3.8, 4) is 52.8 Å². The monoisotopic (exact) mass is 990 g/mol. The van der Waals surface area contributed by atoms with Crippen LogP contribution in [-0.4, -0.2) is 49.1 Å². The second-order valence-electron chi connectivity index (χ2n) is 18.5. The van der Waals surface area contributed by atoms with Gasteiger partial charge in [0.15, 0.2) is 0 Å². The fourth-order valence-electron chi connectivity index (χ4n) is 7.49. The lowest BCUT2D eigenvalue weighted by Crippen LogP contribution is -2.31. The molecule has 0 radical (unpaired) electrons. The van der Waals surface area contributed by atoms with Crippen LogP contribution in [0.5, 0.6) is 17.2 Å². The van der Waals surface area contributed by atoms with Crippen LogP contribution in [0.25, 0.3) is 0 Å². The number of carbonyl (C=O) groups excluding carboxylic acids is 3. The number of hydrogen-bond donors (Lipinski definition) is 3. The quantitative estimate of drug-likeness (QED) is 0.0883. The van der Waals surface area contributed by atoms with Gasteiger partial charge in [-0.15, -0.1) is 0 Å². The topological polar surface area (TPSA) is 115 Å². The second-order valence-corrected chi connectivity index (χ2v) is 18.5. The molecule has 0 saturated heterocycles. The first kappa shape index (κ1) is 56.7. The Morgan fingerprint density at radius 3 is 1.07 bits per heavy atom. The molecule has 3 atom stereocenters. The van der Waals surface area contributed by atoms with Gasteiger partial charge in [-0.25, -0.2) is 0 Å². The van der Waals surface area contributed by atoms with Crippen LogP contribution < -0.4 is 30.2 Å². The largest absolute Gasteiger partial charge is 0.494 e. The minimum Gasteiger partial charge on any atom is -0.494 e. The lowest BCUT2D eigenvalue weighted by molar-refractivity contribution is -0.123. The predicted molar refractivity (Wildman–Crippen MR) is 298 cm³/mol. The Hall–Kier alpha value is -8.19. The van der Waals surface area contributed by atoms with Crippen molar-refractivity contribution in [1.82, 2.24) is 16.0 Å². The molecule has 6 aromatic carbocycles. The van der Waals surface area contributed by atoms with Crippen molar-refractivity contribution in [3.63, 3.8) is 0 Å². The molecule has 0 aliphatic heterocycles. The Balaban J connectivity index is 0.000000206. The van der Waals surface area contributed by atoms with Gasteiger partial charge in [-0.2, -0.15) is 0 Å². The minimum absolute atomic E-state index is 0.000186. The Labute approximate surface area is 440 Å². The number of benzene rings is 6. The van der Waals surface area contributed by atoms with Crippen molar-refractivity contribution in [2.24, 2.45) is 5.92 Å². The van der Waals surface area contributed by atoms with Crippen molar-refractivity contribution in [1.29, 1.82) is 0 Å². The average Bonchev–Trinajstić information content (AvgIpc) is 4.23. The van der Waals surface area contributed by atoms with E-state index >= 15 is 0 Å². The first-order valence-electron chi connectivity index (χ1n) is 25.6. The molecule has 1 saturated carbocycles. The second kappa shape index (κ2) is 30.0. The summed E-state index contributed by atoms with van der Waals surface area (Å²) in [7, 11) is 0. The van der Waals surface area contributed by atoms with Gasteiger partial charge in [0, 0.05) is 65.2 Å². The molecular formula is C65H71N3O6. The van der Waals surface area contributed by atoms with E-state index in [0.717, 1.165) is 81.9 Å². The summed E-state index contributed by atoms with van der Waals surface area (Å²) in [6, 6.07) is 48.0. The van der Waals surface area contributed by atoms with E-state index in [1.807, 2.05) is 170 Å². The number of amides is 3. The summed E-state index contributed by atoms with van der Waals surface area (Å²) in [4.78, 5) is 33.9. The summed E-state index contributed by atoms with van der Waals surface area (Å²) in [6.45, 7) is 18.4. The van der Waals surface area contributed by atoms with Crippen LogP contribution >= 0.6 is 0 Å². The highest BCUT2D eigenvalue weighted by Gasteiger charge is 2.30. The smallest absolute Gasteiger partial charge is 0.223 e. The third kappa shape index (κ3) is 21.7. The number of rotatable bonds is 15. The molecule has 9 heteroatoms. The summed E-state index contributed by atoms with van der Waals surface area (Å²) < 4.78 is 16.5. The van der Waals surface area contributed by atoms with E-state index in [9.17, 15) is 14.4 Å². The Morgan fingerprint density at radius 2 is 0.770 bits per heavy atom. The van der Waals surface area contributed by atoms with Crippen molar-refractivity contribution >= 4 is 17.7 Å². The first-order chi connectivity index (χ1) is 35.6. The predicted octanol–water partition coefficient (Wildman–Crippen LogP) is 11.6. The summed E-state index contributed by atoms with van der Waals surface area (Å²) in [5.74, 6) is 22.0. The maximum atomic E-state index is 11.8. The van der Waals surface area contributed by atoms with Crippen LogP contribution in [0.15, 0.2) is 146 Å². The van der Waals surface area contributed by atoms with Gasteiger partial charge in [-0.05, 0) is 200 Å². The summed E-state index contributed by atoms with van der Waals surface area (Å²) >= 11 is 0. The van der Waals surface area contributed by atoms with E-state index in [0.29, 0.717) is 13.2 Å². The molecule has 3 amide bonds. The van der Waals surface area contributed by atoms with E-state index in [1.54, 1.807) is 0 Å². The molecule has 382 valence electrons. The van der Waals surface area contributed by atoms with Gasteiger partial charge in [-0.3, -0.25) is 14.4 Å². The van der Waals surface area contributed by atoms with Crippen LogP contribution in [0, 0.1) is 41.4 Å². The molecule has 9 nitrogen and oxygen atoms in total. The highest BCUT2D eigenvalue weighted by Crippen LogP contribution is 2.30. The van der Waals surface area contributed by atoms with E-state index < -0.39 is 0 Å². The molecule has 1 aliphatic carbocycles. The maximum Gasteiger partial charge on any atom is 0.223 e. The number of hydrogen-bond acceptors (Lipinski definition) is 6. The lowest BCUT2D eigenvalue weighted by atomic mass is 10.0. The fraction of sp³-hybridized carbons (Fsp3) is 0.308. The van der Waals surface area contributed by atoms with Gasteiger partial charge in [0.05, 0.1) is 25.4 Å². The average molecular weight is 990 g/mol. The molecule has 0 bridgehead atoms. The standard InChI is InChI=1S/C22H23NO2.C22H25NO2.C21H23NO2/c1-3-25-21-14-8-18(9-15-21)5-4-17-6-10-19(11-7-17)16(2)23-22(24)20-12-13-20;1-16(2)25-22-13-11-20(12-14-22)6-5-19-7-9-21(10-8-19)15-17(3)23-18(4)24;1-4-24-21-13-11-19(12-14-21)6-5-18-7-9-20(10-8-18)15-16(2)22-17(3)23/h6-11,14-16,20H,3,12-13H2,1-2H3,(H,23,24);7-14,16-17H,15H2,1-4H3,(H,23,24);7-14,16H,4,15H2,1-3H3,(H,22,23). The SMILES string of the molecule is CC(=O)NC(C)Cc1ccc(C#Cc2ccc(OC(C)C)cc2)cc1.CCOc1ccc(C#Cc2ccc(C(C)NC(=O)C3CC3)cc2)cc1.CCOc1ccc(C#Cc2ccc(CC(C)NC(C)=O)cc2)cc1. The number of ether oxygens (including phenoxy) is 3. The number of carbonyl (C=O) groups is 3. The van der Waals surface area contributed by atoms with Crippen molar-refractivity contribution in [3.05, 3.63) is 196 Å². The van der Waals surface area contributed by atoms with Gasteiger partial charge in [-0.1, -0.05) is 71.9 Å².